The van der Waals surface area contributed by atoms with E-state index in [1.54, 1.807) is 0 Å². The van der Waals surface area contributed by atoms with E-state index in [0.717, 1.165) is 31.4 Å². The number of benzene rings is 1. The van der Waals surface area contributed by atoms with E-state index in [1.165, 1.54) is 0 Å². The van der Waals surface area contributed by atoms with Gasteiger partial charge in [0.15, 0.2) is 0 Å². The molecule has 0 aromatic heterocycles. The summed E-state index contributed by atoms with van der Waals surface area (Å²) in [5.74, 6) is 0.452. The number of esters is 1. The zero-order valence-electron chi connectivity index (χ0n) is 14.6. The van der Waals surface area contributed by atoms with Gasteiger partial charge in [-0.05, 0) is 44.7 Å². The van der Waals surface area contributed by atoms with Crippen LogP contribution in [0.5, 0.6) is 5.75 Å². The Morgan fingerprint density at radius 3 is 2.62 bits per heavy atom. The Labute approximate surface area is 144 Å². The molecule has 5 nitrogen and oxygen atoms in total. The summed E-state index contributed by atoms with van der Waals surface area (Å²) < 4.78 is 17.7. The molecule has 0 saturated carbocycles. The number of hydrogen-bond donors (Lipinski definition) is 1. The number of ether oxygens (including phenoxy) is 3. The lowest BCUT2D eigenvalue weighted by atomic mass is 9.99. The first-order chi connectivity index (χ1) is 11.6. The Balaban J connectivity index is 2.16. The highest BCUT2D eigenvalue weighted by Crippen LogP contribution is 2.23. The zero-order valence-corrected chi connectivity index (χ0v) is 14.6. The third kappa shape index (κ3) is 5.49. The summed E-state index contributed by atoms with van der Waals surface area (Å²) in [4.78, 5) is 12.1. The molecule has 1 saturated heterocycles. The van der Waals surface area contributed by atoms with Gasteiger partial charge in [0.05, 0.1) is 0 Å². The van der Waals surface area contributed by atoms with Gasteiger partial charge in [0.2, 0.25) is 0 Å². The first-order valence-corrected chi connectivity index (χ1v) is 8.91. The molecule has 1 fully saturated rings. The maximum atomic E-state index is 12.1. The third-order valence-corrected chi connectivity index (χ3v) is 4.23. The van der Waals surface area contributed by atoms with Crippen molar-refractivity contribution in [3.05, 3.63) is 30.3 Å². The minimum Gasteiger partial charge on any atom is -0.488 e. The van der Waals surface area contributed by atoms with Crippen molar-refractivity contribution in [2.45, 2.75) is 70.3 Å². The number of carbonyl (C=O) groups is 1. The maximum absolute atomic E-state index is 12.1. The average Bonchev–Trinajstić information content (AvgIpc) is 2.58. The monoisotopic (exact) mass is 335 g/mol. The van der Waals surface area contributed by atoms with Gasteiger partial charge in [-0.1, -0.05) is 31.5 Å². The van der Waals surface area contributed by atoms with Crippen LogP contribution >= 0.6 is 0 Å². The lowest BCUT2D eigenvalue weighted by molar-refractivity contribution is -0.164. The maximum Gasteiger partial charge on any atom is 0.323 e. The highest BCUT2D eigenvalue weighted by atomic mass is 16.6. The molecule has 0 bridgehead atoms. The molecule has 1 aromatic carbocycles. The van der Waals surface area contributed by atoms with Crippen molar-refractivity contribution >= 4 is 5.97 Å². The van der Waals surface area contributed by atoms with Crippen LogP contribution in [-0.2, 0) is 14.3 Å². The highest BCUT2D eigenvalue weighted by Gasteiger charge is 2.33. The molecule has 0 unspecified atom stereocenters. The third-order valence-electron chi connectivity index (χ3n) is 4.23. The van der Waals surface area contributed by atoms with Gasteiger partial charge in [0.1, 0.15) is 30.1 Å². The normalized spacial score (nSPS) is 28.9. The molecule has 0 aliphatic carbocycles. The fourth-order valence-electron chi connectivity index (χ4n) is 2.93. The van der Waals surface area contributed by atoms with Crippen LogP contribution in [0.3, 0.4) is 0 Å². The van der Waals surface area contributed by atoms with Crippen LogP contribution in [0, 0.1) is 0 Å². The summed E-state index contributed by atoms with van der Waals surface area (Å²) in [6, 6.07) is 9.16. The van der Waals surface area contributed by atoms with Crippen molar-refractivity contribution in [1.82, 2.24) is 0 Å². The second-order valence-electron chi connectivity index (χ2n) is 6.34. The van der Waals surface area contributed by atoms with E-state index in [-0.39, 0.29) is 18.2 Å². The van der Waals surface area contributed by atoms with Crippen molar-refractivity contribution in [3.8, 4) is 5.75 Å². The molecule has 0 spiro atoms. The van der Waals surface area contributed by atoms with Crippen molar-refractivity contribution in [2.75, 3.05) is 6.61 Å². The van der Waals surface area contributed by atoms with E-state index in [1.807, 2.05) is 37.3 Å². The topological polar surface area (TPSA) is 70.8 Å². The van der Waals surface area contributed by atoms with Crippen LogP contribution in [0.4, 0.5) is 0 Å². The lowest BCUT2D eigenvalue weighted by Gasteiger charge is -2.33. The van der Waals surface area contributed by atoms with Crippen LogP contribution in [0.2, 0.25) is 0 Å². The van der Waals surface area contributed by atoms with E-state index >= 15 is 0 Å². The number of rotatable bonds is 5. The number of para-hydroxylation sites is 1. The molecule has 24 heavy (non-hydrogen) atoms. The molecule has 2 N–H and O–H groups in total. The second kappa shape index (κ2) is 9.64. The summed E-state index contributed by atoms with van der Waals surface area (Å²) in [7, 11) is 0. The van der Waals surface area contributed by atoms with E-state index in [9.17, 15) is 4.79 Å². The SMILES string of the molecule is CCCO[C@H]1[C@H](C)OC(=O)[C@@H](N)CCCC[C@@H]1Oc1ccccc1. The molecular formula is C19H29NO4. The molecule has 4 atom stereocenters. The van der Waals surface area contributed by atoms with Crippen LogP contribution < -0.4 is 10.5 Å². The Hall–Kier alpha value is -1.59. The molecule has 1 aliphatic rings. The number of hydrogen-bond acceptors (Lipinski definition) is 5. The molecule has 1 aliphatic heterocycles. The van der Waals surface area contributed by atoms with Crippen LogP contribution in [0.15, 0.2) is 30.3 Å². The number of cyclic esters (lactones) is 1. The standard InChI is InChI=1S/C19H29NO4/c1-3-13-22-18-14(2)23-19(21)16(20)11-7-8-12-17(18)24-15-9-5-4-6-10-15/h4-6,9-10,14,16-18H,3,7-8,11-13,20H2,1-2H3/t14-,16-,17-,18-/m0/s1. The van der Waals surface area contributed by atoms with E-state index in [4.69, 9.17) is 19.9 Å². The minimum atomic E-state index is -0.550. The summed E-state index contributed by atoms with van der Waals surface area (Å²) in [5, 5.41) is 0. The summed E-state index contributed by atoms with van der Waals surface area (Å²) >= 11 is 0. The molecule has 1 aromatic rings. The Morgan fingerprint density at radius 1 is 1.21 bits per heavy atom. The number of nitrogens with two attached hydrogens (primary N) is 1. The van der Waals surface area contributed by atoms with Crippen LogP contribution in [0.1, 0.15) is 46.0 Å². The van der Waals surface area contributed by atoms with Crippen molar-refractivity contribution < 1.29 is 19.0 Å². The Bertz CT molecular complexity index is 493. The van der Waals surface area contributed by atoms with Gasteiger partial charge in [-0.15, -0.1) is 0 Å². The van der Waals surface area contributed by atoms with Gasteiger partial charge in [-0.2, -0.15) is 0 Å². The number of carbonyl (C=O) groups excluding carboxylic acids is 1. The Morgan fingerprint density at radius 2 is 1.92 bits per heavy atom. The molecule has 5 heteroatoms. The second-order valence-corrected chi connectivity index (χ2v) is 6.34. The highest BCUT2D eigenvalue weighted by molar-refractivity contribution is 5.75. The van der Waals surface area contributed by atoms with Crippen molar-refractivity contribution in [2.24, 2.45) is 5.73 Å². The zero-order chi connectivity index (χ0) is 17.4. The van der Waals surface area contributed by atoms with Crippen molar-refractivity contribution in [1.29, 1.82) is 0 Å². The first-order valence-electron chi connectivity index (χ1n) is 8.91. The summed E-state index contributed by atoms with van der Waals surface area (Å²) in [5.41, 5.74) is 5.89. The molecule has 1 heterocycles. The van der Waals surface area contributed by atoms with E-state index < -0.39 is 12.1 Å². The molecular weight excluding hydrogens is 306 g/mol. The van der Waals surface area contributed by atoms with Gasteiger partial charge in [0, 0.05) is 6.61 Å². The van der Waals surface area contributed by atoms with Gasteiger partial charge in [-0.25, -0.2) is 0 Å². The van der Waals surface area contributed by atoms with E-state index in [0.29, 0.717) is 13.0 Å². The average molecular weight is 335 g/mol. The predicted molar refractivity (Wildman–Crippen MR) is 92.9 cm³/mol. The van der Waals surface area contributed by atoms with E-state index in [2.05, 4.69) is 6.92 Å². The van der Waals surface area contributed by atoms with Gasteiger partial charge in [0.25, 0.3) is 0 Å². The molecule has 2 rings (SSSR count). The predicted octanol–water partition coefficient (Wildman–Crippen LogP) is 3.06. The fraction of sp³-hybridized carbons (Fsp3) is 0.632. The quantitative estimate of drug-likeness (QED) is 0.837. The fourth-order valence-corrected chi connectivity index (χ4v) is 2.93. The molecule has 134 valence electrons. The summed E-state index contributed by atoms with van der Waals surface area (Å²) in [6.07, 6.45) is 3.34. The largest absolute Gasteiger partial charge is 0.488 e. The summed E-state index contributed by atoms with van der Waals surface area (Å²) in [6.45, 7) is 4.51. The first kappa shape index (κ1) is 18.7. The van der Waals surface area contributed by atoms with Crippen LogP contribution in [-0.4, -0.2) is 36.9 Å². The van der Waals surface area contributed by atoms with Gasteiger partial charge >= 0.3 is 5.97 Å². The molecule has 0 amide bonds. The van der Waals surface area contributed by atoms with Crippen molar-refractivity contribution in [3.63, 3.8) is 0 Å². The smallest absolute Gasteiger partial charge is 0.323 e. The minimum absolute atomic E-state index is 0.156. The van der Waals surface area contributed by atoms with Gasteiger partial charge in [-0.3, -0.25) is 4.79 Å². The molecule has 0 radical (unpaired) electrons. The lowest BCUT2D eigenvalue weighted by Crippen LogP contribution is -2.46. The van der Waals surface area contributed by atoms with Crippen LogP contribution in [0.25, 0.3) is 0 Å². The van der Waals surface area contributed by atoms with Gasteiger partial charge < -0.3 is 19.9 Å². The Kier molecular flexibility index (Phi) is 7.53.